The zero-order valence-corrected chi connectivity index (χ0v) is 31.7. The first-order chi connectivity index (χ1) is 28.8. The molecule has 2 nitrogen and oxygen atoms in total. The van der Waals surface area contributed by atoms with Crippen LogP contribution in [-0.4, -0.2) is 9.13 Å². The predicted octanol–water partition coefficient (Wildman–Crippen LogP) is 15.2. The van der Waals surface area contributed by atoms with Gasteiger partial charge in [-0.25, -0.2) is 0 Å². The highest BCUT2D eigenvalue weighted by atomic mass is 15.0. The number of hydrogen-bond donors (Lipinski definition) is 0. The molecule has 0 N–H and O–H groups in total. The first-order valence-electron chi connectivity index (χ1n) is 20.0. The molecule has 270 valence electrons. The molecule has 12 aromatic rings. The van der Waals surface area contributed by atoms with Crippen LogP contribution in [0.1, 0.15) is 0 Å². The molecule has 58 heavy (non-hydrogen) atoms. The number of benzene rings is 10. The Labute approximate surface area is 336 Å². The molecular formula is C56H36N2. The number of fused-ring (bicyclic) bond motifs is 9. The molecule has 10 aromatic carbocycles. The van der Waals surface area contributed by atoms with Crippen molar-refractivity contribution in [3.05, 3.63) is 218 Å². The zero-order chi connectivity index (χ0) is 38.2. The fourth-order valence-electron chi connectivity index (χ4n) is 9.42. The second-order valence-corrected chi connectivity index (χ2v) is 15.3. The molecule has 0 radical (unpaired) electrons. The van der Waals surface area contributed by atoms with Gasteiger partial charge < -0.3 is 9.13 Å². The molecule has 0 atom stereocenters. The highest BCUT2D eigenvalue weighted by Gasteiger charge is 2.15. The molecule has 0 unspecified atom stereocenters. The fraction of sp³-hybridized carbons (Fsp3) is 0. The zero-order valence-electron chi connectivity index (χ0n) is 31.7. The second kappa shape index (κ2) is 12.9. The van der Waals surface area contributed by atoms with Gasteiger partial charge in [0, 0.05) is 32.9 Å². The monoisotopic (exact) mass is 736 g/mol. The van der Waals surface area contributed by atoms with Gasteiger partial charge >= 0.3 is 0 Å². The van der Waals surface area contributed by atoms with E-state index in [-0.39, 0.29) is 0 Å². The third kappa shape index (κ3) is 5.05. The van der Waals surface area contributed by atoms with E-state index in [1.54, 1.807) is 0 Å². The molecule has 2 heterocycles. The van der Waals surface area contributed by atoms with E-state index in [1.807, 2.05) is 0 Å². The van der Waals surface area contributed by atoms with Crippen LogP contribution < -0.4 is 0 Å². The number of nitrogens with zero attached hydrogens (tertiary/aromatic N) is 2. The maximum atomic E-state index is 2.38. The average molecular weight is 737 g/mol. The lowest BCUT2D eigenvalue weighted by molar-refractivity contribution is 1.18. The number of aromatic nitrogens is 2. The largest absolute Gasteiger partial charge is 0.309 e. The van der Waals surface area contributed by atoms with E-state index in [9.17, 15) is 0 Å². The molecular weight excluding hydrogens is 701 g/mol. The van der Waals surface area contributed by atoms with Crippen molar-refractivity contribution in [1.29, 1.82) is 0 Å². The van der Waals surface area contributed by atoms with Crippen LogP contribution in [0.4, 0.5) is 0 Å². The fourth-order valence-corrected chi connectivity index (χ4v) is 9.42. The van der Waals surface area contributed by atoms with Gasteiger partial charge in [-0.2, -0.15) is 0 Å². The van der Waals surface area contributed by atoms with Crippen molar-refractivity contribution in [1.82, 2.24) is 9.13 Å². The Morgan fingerprint density at radius 3 is 1.10 bits per heavy atom. The molecule has 0 aliphatic carbocycles. The van der Waals surface area contributed by atoms with E-state index >= 15 is 0 Å². The van der Waals surface area contributed by atoms with Crippen molar-refractivity contribution in [2.24, 2.45) is 0 Å². The highest BCUT2D eigenvalue weighted by molar-refractivity contribution is 6.13. The van der Waals surface area contributed by atoms with Gasteiger partial charge in [0.15, 0.2) is 0 Å². The molecule has 2 aromatic heterocycles. The normalized spacial score (nSPS) is 11.8. The Balaban J connectivity index is 1.02. The van der Waals surface area contributed by atoms with Crippen LogP contribution in [0.15, 0.2) is 218 Å². The maximum Gasteiger partial charge on any atom is 0.0541 e. The van der Waals surface area contributed by atoms with E-state index in [1.165, 1.54) is 98.5 Å². The summed E-state index contributed by atoms with van der Waals surface area (Å²) in [6.07, 6.45) is 0. The average Bonchev–Trinajstić information content (AvgIpc) is 3.82. The molecule has 0 saturated heterocycles. The highest BCUT2D eigenvalue weighted by Crippen LogP contribution is 2.40. The Morgan fingerprint density at radius 2 is 0.621 bits per heavy atom. The van der Waals surface area contributed by atoms with E-state index < -0.39 is 0 Å². The molecule has 0 spiro atoms. The van der Waals surface area contributed by atoms with Gasteiger partial charge in [-0.3, -0.25) is 0 Å². The van der Waals surface area contributed by atoms with Crippen LogP contribution in [0.5, 0.6) is 0 Å². The van der Waals surface area contributed by atoms with Gasteiger partial charge in [-0.05, 0) is 122 Å². The molecule has 0 amide bonds. The van der Waals surface area contributed by atoms with Gasteiger partial charge in [0.25, 0.3) is 0 Å². The molecule has 0 aliphatic rings. The maximum absolute atomic E-state index is 2.38. The van der Waals surface area contributed by atoms with Crippen molar-refractivity contribution >= 4 is 65.2 Å². The van der Waals surface area contributed by atoms with E-state index in [4.69, 9.17) is 0 Å². The second-order valence-electron chi connectivity index (χ2n) is 15.3. The van der Waals surface area contributed by atoms with Crippen LogP contribution in [-0.2, 0) is 0 Å². The lowest BCUT2D eigenvalue weighted by Crippen LogP contribution is -1.94. The van der Waals surface area contributed by atoms with Gasteiger partial charge in [0.05, 0.1) is 22.1 Å². The van der Waals surface area contributed by atoms with Gasteiger partial charge in [-0.1, -0.05) is 152 Å². The smallest absolute Gasteiger partial charge is 0.0541 e. The lowest BCUT2D eigenvalue weighted by Gasteiger charge is -2.15. The molecule has 0 aliphatic heterocycles. The Kier molecular flexibility index (Phi) is 7.26. The number of para-hydroxylation sites is 4. The van der Waals surface area contributed by atoms with E-state index in [0.717, 1.165) is 11.4 Å². The lowest BCUT2D eigenvalue weighted by atomic mass is 9.90. The third-order valence-electron chi connectivity index (χ3n) is 12.1. The Bertz CT molecular complexity index is 3260. The summed E-state index contributed by atoms with van der Waals surface area (Å²) in [6, 6.07) is 80.1. The minimum absolute atomic E-state index is 1.15. The minimum Gasteiger partial charge on any atom is -0.309 e. The topological polar surface area (TPSA) is 9.86 Å². The van der Waals surface area contributed by atoms with Crippen LogP contribution >= 0.6 is 0 Å². The van der Waals surface area contributed by atoms with Crippen LogP contribution in [0.3, 0.4) is 0 Å². The molecule has 0 saturated carbocycles. The van der Waals surface area contributed by atoms with Crippen molar-refractivity contribution in [3.8, 4) is 44.8 Å². The summed E-state index contributed by atoms with van der Waals surface area (Å²) in [5.41, 5.74) is 14.3. The first-order valence-corrected chi connectivity index (χ1v) is 20.0. The molecule has 0 bridgehead atoms. The van der Waals surface area contributed by atoms with Gasteiger partial charge in [0.1, 0.15) is 0 Å². The first kappa shape index (κ1) is 32.6. The van der Waals surface area contributed by atoms with Crippen LogP contribution in [0.25, 0.3) is 110 Å². The summed E-state index contributed by atoms with van der Waals surface area (Å²) in [7, 11) is 0. The van der Waals surface area contributed by atoms with E-state index in [2.05, 4.69) is 228 Å². The summed E-state index contributed by atoms with van der Waals surface area (Å²) in [4.78, 5) is 0. The molecule has 2 heteroatoms. The van der Waals surface area contributed by atoms with Crippen molar-refractivity contribution in [3.63, 3.8) is 0 Å². The number of hydrogen-bond acceptors (Lipinski definition) is 0. The van der Waals surface area contributed by atoms with Crippen LogP contribution in [0.2, 0.25) is 0 Å². The summed E-state index contributed by atoms with van der Waals surface area (Å²) in [5, 5.41) is 10.1. The van der Waals surface area contributed by atoms with Gasteiger partial charge in [0.2, 0.25) is 0 Å². The summed E-state index contributed by atoms with van der Waals surface area (Å²) >= 11 is 0. The minimum atomic E-state index is 1.15. The van der Waals surface area contributed by atoms with Crippen molar-refractivity contribution < 1.29 is 0 Å². The summed E-state index contributed by atoms with van der Waals surface area (Å²) in [6.45, 7) is 0. The SMILES string of the molecule is c1ccc2c(c1)ccc1c(-c3cc(-c4ccc(-n5c6ccccc6c6ccccc65)cc4)cc(-c4ccc(-n5c6ccccc6c6ccccc65)cc4)c3)cccc12. The predicted molar refractivity (Wildman–Crippen MR) is 246 cm³/mol. The number of rotatable bonds is 5. The third-order valence-corrected chi connectivity index (χ3v) is 12.1. The quantitative estimate of drug-likeness (QED) is 0.156. The Hall–Kier alpha value is -7.68. The van der Waals surface area contributed by atoms with Crippen molar-refractivity contribution in [2.45, 2.75) is 0 Å². The standard InChI is InChI=1S/C56H36N2/c1-2-13-45-39(12-1)28-33-48-46(18-11-19-47(45)48)42-35-40(37-24-29-43(30-25-37)57-53-20-7-3-14-49(53)50-15-4-8-21-54(50)57)34-41(36-42)38-26-31-44(32-27-38)58-55-22-9-5-16-51(55)52-17-6-10-23-56(52)58/h1-36H. The summed E-state index contributed by atoms with van der Waals surface area (Å²) < 4.78 is 4.77. The van der Waals surface area contributed by atoms with Crippen LogP contribution in [0, 0.1) is 0 Å². The molecule has 12 rings (SSSR count). The van der Waals surface area contributed by atoms with Crippen molar-refractivity contribution in [2.75, 3.05) is 0 Å². The summed E-state index contributed by atoms with van der Waals surface area (Å²) in [5.74, 6) is 0. The van der Waals surface area contributed by atoms with E-state index in [0.29, 0.717) is 0 Å². The van der Waals surface area contributed by atoms with Gasteiger partial charge in [-0.15, -0.1) is 0 Å². The Morgan fingerprint density at radius 1 is 0.224 bits per heavy atom. The molecule has 0 fully saturated rings.